The normalized spacial score (nSPS) is 22.7. The third kappa shape index (κ3) is 4.15. The van der Waals surface area contributed by atoms with Crippen molar-refractivity contribution in [3.8, 4) is 0 Å². The summed E-state index contributed by atoms with van der Waals surface area (Å²) in [4.78, 5) is 15.3. The molecule has 0 spiro atoms. The summed E-state index contributed by atoms with van der Waals surface area (Å²) in [6.07, 6.45) is 0.896. The van der Waals surface area contributed by atoms with Gasteiger partial charge in [0, 0.05) is 0 Å². The molecule has 0 radical (unpaired) electrons. The van der Waals surface area contributed by atoms with Gasteiger partial charge in [0.2, 0.25) is 6.10 Å². The first-order valence-electron chi connectivity index (χ1n) is 6.71. The Bertz CT molecular complexity index is 598. The summed E-state index contributed by atoms with van der Waals surface area (Å²) in [6, 6.07) is 6.29. The summed E-state index contributed by atoms with van der Waals surface area (Å²) in [7, 11) is -3.93. The van der Waals surface area contributed by atoms with Crippen LogP contribution in [0.1, 0.15) is 31.2 Å². The van der Waals surface area contributed by atoms with Crippen molar-refractivity contribution in [2.75, 3.05) is 0 Å². The molecular weight excluding hydrogens is 298 g/mol. The molecular formula is C13H18NO6S+. The van der Waals surface area contributed by atoms with Gasteiger partial charge in [0.25, 0.3) is 10.1 Å². The van der Waals surface area contributed by atoms with E-state index in [2.05, 4.69) is 4.84 Å². The molecule has 0 amide bonds. The van der Waals surface area contributed by atoms with Gasteiger partial charge in [-0.25, -0.2) is 5.21 Å². The largest absolute Gasteiger partial charge is 0.475 e. The van der Waals surface area contributed by atoms with E-state index in [1.54, 1.807) is 12.1 Å². The van der Waals surface area contributed by atoms with E-state index in [-0.39, 0.29) is 4.90 Å². The van der Waals surface area contributed by atoms with Crippen LogP contribution < -0.4 is 0 Å². The van der Waals surface area contributed by atoms with E-state index in [0.717, 1.165) is 18.4 Å². The molecule has 2 rings (SSSR count). The van der Waals surface area contributed by atoms with Crippen LogP contribution in [0, 0.1) is 11.8 Å². The van der Waals surface area contributed by atoms with Crippen LogP contribution in [-0.4, -0.2) is 30.9 Å². The zero-order valence-electron chi connectivity index (χ0n) is 11.6. The minimum Gasteiger partial charge on any atom is -0.259 e. The molecule has 0 aliphatic heterocycles. The molecule has 0 heterocycles. The molecule has 116 valence electrons. The van der Waals surface area contributed by atoms with Crippen molar-refractivity contribution in [1.82, 2.24) is 0 Å². The highest BCUT2D eigenvalue weighted by atomic mass is 32.2. The quantitative estimate of drug-likeness (QED) is 0.660. The summed E-state index contributed by atoms with van der Waals surface area (Å²) in [5, 5.41) is 7.97. The molecule has 7 nitrogen and oxygen atoms in total. The van der Waals surface area contributed by atoms with Gasteiger partial charge in [0.15, 0.2) is 0 Å². The van der Waals surface area contributed by atoms with E-state index in [1.807, 2.05) is 6.92 Å². The first kappa shape index (κ1) is 15.7. The summed E-state index contributed by atoms with van der Waals surface area (Å²) in [5.74, 6) is 0. The number of nitrogens with zero attached hydrogens (tertiary/aromatic N) is 1. The highest BCUT2D eigenvalue weighted by Gasteiger charge is 2.37. The van der Waals surface area contributed by atoms with Gasteiger partial charge in [-0.1, -0.05) is 24.1 Å². The average Bonchev–Trinajstić information content (AvgIpc) is 2.40. The van der Waals surface area contributed by atoms with Gasteiger partial charge < -0.3 is 0 Å². The Morgan fingerprint density at radius 3 is 2.29 bits per heavy atom. The molecule has 2 atom stereocenters. The van der Waals surface area contributed by atoms with E-state index in [4.69, 9.17) is 9.39 Å². The first-order chi connectivity index (χ1) is 9.88. The lowest BCUT2D eigenvalue weighted by Gasteiger charge is -2.25. The minimum atomic E-state index is -3.93. The van der Waals surface area contributed by atoms with Crippen molar-refractivity contribution in [3.63, 3.8) is 0 Å². The van der Waals surface area contributed by atoms with Gasteiger partial charge in [-0.05, 0) is 38.3 Å². The topological polar surface area (TPSA) is 92.9 Å². The van der Waals surface area contributed by atoms with E-state index < -0.39 is 27.4 Å². The zero-order valence-corrected chi connectivity index (χ0v) is 12.5. The third-order valence-corrected chi connectivity index (χ3v) is 4.78. The monoisotopic (exact) mass is 316 g/mol. The maximum absolute atomic E-state index is 12.2. The highest BCUT2D eigenvalue weighted by Crippen LogP contribution is 2.27. The summed E-state index contributed by atoms with van der Waals surface area (Å²) < 4.78 is 29.6. The minimum absolute atomic E-state index is 0.0559. The van der Waals surface area contributed by atoms with Crippen LogP contribution in [-0.2, 0) is 19.1 Å². The van der Waals surface area contributed by atoms with Gasteiger partial charge in [0.1, 0.15) is 11.0 Å². The van der Waals surface area contributed by atoms with Crippen LogP contribution in [0.15, 0.2) is 29.2 Å². The van der Waals surface area contributed by atoms with E-state index >= 15 is 0 Å². The van der Waals surface area contributed by atoms with Crippen LogP contribution in [0.5, 0.6) is 0 Å². The summed E-state index contributed by atoms with van der Waals surface area (Å²) >= 11 is 0. The van der Waals surface area contributed by atoms with Gasteiger partial charge in [-0.15, -0.1) is 0 Å². The predicted octanol–water partition coefficient (Wildman–Crippen LogP) is 2.11. The number of aryl methyl sites for hydroxylation is 1. The van der Waals surface area contributed by atoms with Gasteiger partial charge in [-0.3, -0.25) is 4.18 Å². The average molecular weight is 316 g/mol. The number of hydrogen-bond donors (Lipinski definition) is 1. The molecule has 2 unspecified atom stereocenters. The first-order valence-corrected chi connectivity index (χ1v) is 8.12. The SMILES string of the molecule is Cc1ccc(S(=O)(=O)OC2CCCCC2O[N+](=O)O)cc1. The Morgan fingerprint density at radius 2 is 1.71 bits per heavy atom. The number of benzene rings is 1. The lowest BCUT2D eigenvalue weighted by molar-refractivity contribution is -0.982. The molecule has 1 N–H and O–H groups in total. The van der Waals surface area contributed by atoms with Crippen molar-refractivity contribution >= 4 is 10.1 Å². The van der Waals surface area contributed by atoms with Crippen molar-refractivity contribution in [3.05, 3.63) is 34.7 Å². The second kappa shape index (κ2) is 6.40. The fraction of sp³-hybridized carbons (Fsp3) is 0.538. The zero-order chi connectivity index (χ0) is 15.5. The molecule has 8 heteroatoms. The molecule has 1 aliphatic carbocycles. The molecule has 1 aromatic carbocycles. The molecule has 1 saturated carbocycles. The molecule has 0 bridgehead atoms. The Labute approximate surface area is 123 Å². The Balaban J connectivity index is 2.13. The standard InChI is InChI=1S/C13H18NO6S/c1-10-6-8-11(9-7-10)21(17,18)20-13-5-3-2-4-12(13)19-14(15)16/h6-9,12-13H,2-5H2,1H3,(H,15,16)/q+1. The second-order valence-electron chi connectivity index (χ2n) is 5.07. The smallest absolute Gasteiger partial charge is 0.259 e. The number of rotatable bonds is 5. The van der Waals surface area contributed by atoms with Crippen molar-refractivity contribution in [2.45, 2.75) is 49.7 Å². The Kier molecular flexibility index (Phi) is 4.79. The lowest BCUT2D eigenvalue weighted by atomic mass is 9.95. The molecule has 0 saturated heterocycles. The van der Waals surface area contributed by atoms with Gasteiger partial charge >= 0.3 is 5.09 Å². The molecule has 1 aliphatic rings. The van der Waals surface area contributed by atoms with Crippen LogP contribution in [0.3, 0.4) is 0 Å². The van der Waals surface area contributed by atoms with E-state index in [0.29, 0.717) is 12.8 Å². The predicted molar refractivity (Wildman–Crippen MR) is 72.0 cm³/mol. The van der Waals surface area contributed by atoms with Crippen LogP contribution in [0.4, 0.5) is 0 Å². The Hall–Kier alpha value is -1.67. The van der Waals surface area contributed by atoms with Gasteiger partial charge in [0.05, 0.1) is 4.90 Å². The highest BCUT2D eigenvalue weighted by molar-refractivity contribution is 7.86. The summed E-state index contributed by atoms with van der Waals surface area (Å²) in [6.45, 7) is 1.85. The van der Waals surface area contributed by atoms with E-state index in [1.165, 1.54) is 12.1 Å². The van der Waals surface area contributed by atoms with Crippen molar-refractivity contribution in [2.24, 2.45) is 0 Å². The second-order valence-corrected chi connectivity index (χ2v) is 6.64. The fourth-order valence-electron chi connectivity index (χ4n) is 2.33. The molecule has 1 aromatic rings. The van der Waals surface area contributed by atoms with E-state index in [9.17, 15) is 13.3 Å². The van der Waals surface area contributed by atoms with Crippen molar-refractivity contribution in [1.29, 1.82) is 0 Å². The number of hydrogen-bond acceptors (Lipinski definition) is 5. The maximum atomic E-state index is 12.2. The van der Waals surface area contributed by atoms with Crippen LogP contribution in [0.25, 0.3) is 0 Å². The molecule has 21 heavy (non-hydrogen) atoms. The fourth-order valence-corrected chi connectivity index (χ4v) is 3.46. The van der Waals surface area contributed by atoms with Crippen molar-refractivity contribution < 1.29 is 27.7 Å². The lowest BCUT2D eigenvalue weighted by Crippen LogP contribution is -2.38. The Morgan fingerprint density at radius 1 is 1.14 bits per heavy atom. The summed E-state index contributed by atoms with van der Waals surface area (Å²) in [5.41, 5.74) is 0.940. The molecule has 0 aromatic heterocycles. The van der Waals surface area contributed by atoms with Gasteiger partial charge in [-0.2, -0.15) is 13.3 Å². The third-order valence-electron chi connectivity index (χ3n) is 3.43. The molecule has 1 fully saturated rings. The maximum Gasteiger partial charge on any atom is 0.475 e. The van der Waals surface area contributed by atoms with Crippen LogP contribution in [0.2, 0.25) is 0 Å². The van der Waals surface area contributed by atoms with Crippen LogP contribution >= 0.6 is 0 Å².